The van der Waals surface area contributed by atoms with Crippen LogP contribution in [0.2, 0.25) is 0 Å². The fraction of sp³-hybridized carbons (Fsp3) is 0.400. The van der Waals surface area contributed by atoms with Crippen LogP contribution in [0.25, 0.3) is 0 Å². The van der Waals surface area contributed by atoms with Gasteiger partial charge in [0.1, 0.15) is 41.7 Å². The molecule has 6 amide bonds. The van der Waals surface area contributed by atoms with Gasteiger partial charge >= 0.3 is 0 Å². The molecular formula is C40H48N6O9. The minimum absolute atomic E-state index is 0.00998. The number of methoxy groups -OCH3 is 2. The van der Waals surface area contributed by atoms with E-state index in [9.17, 15) is 28.8 Å². The number of benzene rings is 3. The molecular weight excluding hydrogens is 708 g/mol. The summed E-state index contributed by atoms with van der Waals surface area (Å²) < 4.78 is 16.9. The third-order valence-corrected chi connectivity index (χ3v) is 10.1. The minimum Gasteiger partial charge on any atom is -0.497 e. The summed E-state index contributed by atoms with van der Waals surface area (Å²) in [7, 11) is 7.43. The number of likely N-dealkylation sites (N-methyl/N-ethyl adjacent to an activating group) is 3. The minimum atomic E-state index is -1.15. The number of carbonyl (C=O) groups excluding carboxylic acids is 6. The van der Waals surface area contributed by atoms with Crippen LogP contribution in [-0.2, 0) is 48.0 Å². The Hall–Kier alpha value is -6.12. The van der Waals surface area contributed by atoms with Crippen molar-refractivity contribution >= 4 is 35.4 Å². The van der Waals surface area contributed by atoms with Crippen molar-refractivity contribution in [2.75, 3.05) is 41.9 Å². The fourth-order valence-corrected chi connectivity index (χ4v) is 6.58. The Morgan fingerprint density at radius 3 is 1.96 bits per heavy atom. The molecule has 0 radical (unpaired) electrons. The molecule has 0 aromatic heterocycles. The molecule has 3 aromatic rings. The summed E-state index contributed by atoms with van der Waals surface area (Å²) in [4.78, 5) is 87.3. The molecule has 3 heterocycles. The maximum absolute atomic E-state index is 14.5. The van der Waals surface area contributed by atoms with Crippen LogP contribution in [0.5, 0.6) is 23.0 Å². The average molecular weight is 757 g/mol. The number of nitrogens with one attached hydrogen (secondary N) is 3. The van der Waals surface area contributed by atoms with Crippen LogP contribution in [0.15, 0.2) is 66.7 Å². The van der Waals surface area contributed by atoms with E-state index in [1.807, 2.05) is 0 Å². The normalized spacial score (nSPS) is 23.2. The van der Waals surface area contributed by atoms with Gasteiger partial charge in [-0.05, 0) is 66.9 Å². The highest BCUT2D eigenvalue weighted by molar-refractivity contribution is 5.97. The highest BCUT2D eigenvalue weighted by Crippen LogP contribution is 2.34. The molecule has 0 aliphatic carbocycles. The summed E-state index contributed by atoms with van der Waals surface area (Å²) in [5, 5.41) is 8.03. The van der Waals surface area contributed by atoms with Crippen LogP contribution in [-0.4, -0.2) is 122 Å². The van der Waals surface area contributed by atoms with Gasteiger partial charge < -0.3 is 44.9 Å². The first kappa shape index (κ1) is 40.1. The van der Waals surface area contributed by atoms with Crippen LogP contribution >= 0.6 is 0 Å². The second kappa shape index (κ2) is 17.3. The van der Waals surface area contributed by atoms with Gasteiger partial charge in [0.05, 0.1) is 20.8 Å². The number of nitrogens with zero attached hydrogens (tertiary/aromatic N) is 3. The van der Waals surface area contributed by atoms with E-state index in [0.717, 1.165) is 0 Å². The molecule has 15 heteroatoms. The molecule has 3 aliphatic heterocycles. The van der Waals surface area contributed by atoms with Crippen molar-refractivity contribution < 1.29 is 43.0 Å². The number of hydrogen-bond acceptors (Lipinski definition) is 9. The first-order chi connectivity index (χ1) is 26.2. The lowest BCUT2D eigenvalue weighted by Gasteiger charge is -2.35. The van der Waals surface area contributed by atoms with Gasteiger partial charge in [0, 0.05) is 40.4 Å². The number of ether oxygens (including phenoxy) is 3. The van der Waals surface area contributed by atoms with Crippen molar-refractivity contribution in [2.24, 2.45) is 0 Å². The lowest BCUT2D eigenvalue weighted by Crippen LogP contribution is -2.60. The van der Waals surface area contributed by atoms with Crippen molar-refractivity contribution in [3.63, 3.8) is 0 Å². The molecule has 3 N–H and O–H groups in total. The van der Waals surface area contributed by atoms with Crippen LogP contribution in [0.4, 0.5) is 0 Å². The zero-order valence-electron chi connectivity index (χ0n) is 32.1. The number of rotatable bonds is 4. The van der Waals surface area contributed by atoms with E-state index in [-0.39, 0.29) is 19.3 Å². The lowest BCUT2D eigenvalue weighted by atomic mass is 9.99. The molecule has 6 rings (SSSR count). The van der Waals surface area contributed by atoms with Gasteiger partial charge in [-0.25, -0.2) is 0 Å². The standard InChI is InChI=1S/C40H48N6O9/c1-23-36(48)43-24(2)39(51)45(4)30(18-25-8-13-28(53-6)14-9-25)37(49)41-22-35(47)44(3)32-19-26-10-15-29(16-11-26)55-34-21-27(12-17-33(34)54-7)20-31(38(50)42-23)46(5)40(32)52/h8-17,21,23-24,30-32H,18-20,22H2,1-7H3,(H,41,49)(H,42,50)(H,43,48). The SMILES string of the molecule is COc1ccc(CC2C(=O)NCC(=O)N(C)C3Cc4ccc(cc4)Oc4cc(ccc4OC)CC(C(=O)NC(C)C(=O)NC(C)C(=O)N2C)N(C)C3=O)cc1. The maximum atomic E-state index is 14.5. The lowest BCUT2D eigenvalue weighted by molar-refractivity contribution is -0.148. The molecule has 55 heavy (non-hydrogen) atoms. The Labute approximate surface area is 320 Å². The molecule has 3 aliphatic rings. The predicted octanol–water partition coefficient (Wildman–Crippen LogP) is 1.46. The molecule has 5 atom stereocenters. The highest BCUT2D eigenvalue weighted by atomic mass is 16.5. The molecule has 0 spiro atoms. The van der Waals surface area contributed by atoms with E-state index < -0.39 is 72.2 Å². The zero-order chi connectivity index (χ0) is 40.0. The van der Waals surface area contributed by atoms with E-state index in [0.29, 0.717) is 39.7 Å². The van der Waals surface area contributed by atoms with Crippen molar-refractivity contribution in [1.82, 2.24) is 30.7 Å². The van der Waals surface area contributed by atoms with Crippen molar-refractivity contribution in [3.05, 3.63) is 83.4 Å². The van der Waals surface area contributed by atoms with Gasteiger partial charge in [-0.15, -0.1) is 0 Å². The van der Waals surface area contributed by atoms with Gasteiger partial charge in [-0.3, -0.25) is 28.8 Å². The molecule has 1 fully saturated rings. The summed E-state index contributed by atoms with van der Waals surface area (Å²) in [5.41, 5.74) is 2.03. The molecule has 5 unspecified atom stereocenters. The fourth-order valence-electron chi connectivity index (χ4n) is 6.58. The van der Waals surface area contributed by atoms with E-state index in [2.05, 4.69) is 16.0 Å². The van der Waals surface area contributed by atoms with Crippen LogP contribution in [0.1, 0.15) is 30.5 Å². The Balaban J connectivity index is 1.55. The second-order valence-electron chi connectivity index (χ2n) is 13.8. The Bertz CT molecular complexity index is 1920. The first-order valence-corrected chi connectivity index (χ1v) is 17.9. The van der Waals surface area contributed by atoms with Crippen LogP contribution in [0, 0.1) is 0 Å². The maximum Gasteiger partial charge on any atom is 0.246 e. The largest absolute Gasteiger partial charge is 0.497 e. The quantitative estimate of drug-likeness (QED) is 0.356. The zero-order valence-corrected chi connectivity index (χ0v) is 32.1. The number of amides is 6. The van der Waals surface area contributed by atoms with E-state index >= 15 is 0 Å². The monoisotopic (exact) mass is 756 g/mol. The van der Waals surface area contributed by atoms with E-state index in [1.165, 1.54) is 63.9 Å². The molecule has 3 aromatic carbocycles. The van der Waals surface area contributed by atoms with Gasteiger partial charge in [0.15, 0.2) is 11.5 Å². The van der Waals surface area contributed by atoms with Crippen molar-refractivity contribution in [1.29, 1.82) is 0 Å². The molecule has 1 saturated heterocycles. The summed E-state index contributed by atoms with van der Waals surface area (Å²) >= 11 is 0. The van der Waals surface area contributed by atoms with Gasteiger partial charge in [-0.2, -0.15) is 0 Å². The van der Waals surface area contributed by atoms with Crippen LogP contribution < -0.4 is 30.2 Å². The summed E-state index contributed by atoms with van der Waals surface area (Å²) in [6.45, 7) is 2.46. The molecule has 6 bridgehead atoms. The number of carbonyl (C=O) groups is 6. The average Bonchev–Trinajstić information content (AvgIpc) is 3.18. The highest BCUT2D eigenvalue weighted by Gasteiger charge is 2.38. The van der Waals surface area contributed by atoms with Crippen LogP contribution in [0.3, 0.4) is 0 Å². The molecule has 0 saturated carbocycles. The number of hydrogen-bond donors (Lipinski definition) is 3. The predicted molar refractivity (Wildman–Crippen MR) is 202 cm³/mol. The van der Waals surface area contributed by atoms with E-state index in [4.69, 9.17) is 14.2 Å². The van der Waals surface area contributed by atoms with Crippen molar-refractivity contribution in [3.8, 4) is 23.0 Å². The molecule has 292 valence electrons. The Kier molecular flexibility index (Phi) is 12.6. The van der Waals surface area contributed by atoms with Gasteiger partial charge in [0.2, 0.25) is 35.4 Å². The Morgan fingerprint density at radius 1 is 0.673 bits per heavy atom. The first-order valence-electron chi connectivity index (χ1n) is 17.9. The summed E-state index contributed by atoms with van der Waals surface area (Å²) in [6.07, 6.45) is 0.157. The smallest absolute Gasteiger partial charge is 0.246 e. The second-order valence-corrected chi connectivity index (χ2v) is 13.8. The topological polar surface area (TPSA) is 176 Å². The van der Waals surface area contributed by atoms with E-state index in [1.54, 1.807) is 66.7 Å². The van der Waals surface area contributed by atoms with Gasteiger partial charge in [-0.1, -0.05) is 30.3 Å². The Morgan fingerprint density at radius 2 is 1.31 bits per heavy atom. The number of fused-ring (bicyclic) bond motifs is 2. The third-order valence-electron chi connectivity index (χ3n) is 10.1. The summed E-state index contributed by atoms with van der Waals surface area (Å²) in [5.74, 6) is -1.62. The summed E-state index contributed by atoms with van der Waals surface area (Å²) in [6, 6.07) is 13.6. The molecule has 15 nitrogen and oxygen atoms in total. The van der Waals surface area contributed by atoms with Gasteiger partial charge in [0.25, 0.3) is 0 Å². The van der Waals surface area contributed by atoms with Crippen molar-refractivity contribution in [2.45, 2.75) is 63.3 Å². The third kappa shape index (κ3) is 9.34.